The predicted octanol–water partition coefficient (Wildman–Crippen LogP) is 4.90. The van der Waals surface area contributed by atoms with Gasteiger partial charge in [-0.3, -0.25) is 4.99 Å². The van der Waals surface area contributed by atoms with E-state index in [9.17, 15) is 13.2 Å². The highest BCUT2D eigenvalue weighted by Gasteiger charge is 2.08. The Labute approximate surface area is 144 Å². The number of benzene rings is 2. The third kappa shape index (κ3) is 5.18. The molecule has 0 fully saturated rings. The maximum absolute atomic E-state index is 13.9. The van der Waals surface area contributed by atoms with Gasteiger partial charge in [-0.2, -0.15) is 5.26 Å². The summed E-state index contributed by atoms with van der Waals surface area (Å²) in [4.78, 5) is 4.28. The van der Waals surface area contributed by atoms with Gasteiger partial charge in [0.15, 0.2) is 0 Å². The molecule has 0 aromatic heterocycles. The number of rotatable bonds is 6. The molecular weight excluding hydrogens is 325 g/mol. The Bertz CT molecular complexity index is 877. The molecule has 0 aliphatic carbocycles. The minimum absolute atomic E-state index is 0.0114. The van der Waals surface area contributed by atoms with Gasteiger partial charge in [-0.25, -0.2) is 13.2 Å². The van der Waals surface area contributed by atoms with Crippen LogP contribution in [0, 0.1) is 28.8 Å². The molecule has 126 valence electrons. The van der Waals surface area contributed by atoms with Crippen molar-refractivity contribution < 1.29 is 13.2 Å². The van der Waals surface area contributed by atoms with Gasteiger partial charge in [0.1, 0.15) is 17.5 Å². The first-order valence-electron chi connectivity index (χ1n) is 7.48. The number of hydrogen-bond acceptors (Lipinski definition) is 2. The molecular formula is C20H15F3N2. The van der Waals surface area contributed by atoms with Crippen molar-refractivity contribution in [2.45, 2.75) is 13.0 Å². The molecule has 0 bridgehead atoms. The minimum Gasteiger partial charge on any atom is -0.285 e. The van der Waals surface area contributed by atoms with Gasteiger partial charge >= 0.3 is 0 Å². The second-order valence-electron chi connectivity index (χ2n) is 5.23. The Balaban J connectivity index is 2.28. The van der Waals surface area contributed by atoms with Crippen LogP contribution in [0.4, 0.5) is 13.2 Å². The van der Waals surface area contributed by atoms with E-state index < -0.39 is 17.5 Å². The monoisotopic (exact) mass is 340 g/mol. The molecule has 2 nitrogen and oxygen atoms in total. The van der Waals surface area contributed by atoms with Gasteiger partial charge in [0.25, 0.3) is 0 Å². The molecule has 5 heteroatoms. The van der Waals surface area contributed by atoms with E-state index in [-0.39, 0.29) is 18.5 Å². The number of allylic oxidation sites excluding steroid dienone is 3. The van der Waals surface area contributed by atoms with Crippen LogP contribution >= 0.6 is 0 Å². The zero-order valence-electron chi connectivity index (χ0n) is 13.3. The van der Waals surface area contributed by atoms with E-state index in [4.69, 9.17) is 5.26 Å². The van der Waals surface area contributed by atoms with Gasteiger partial charge in [0.05, 0.1) is 18.2 Å². The Hall–Kier alpha value is -3.13. The fourth-order valence-electron chi connectivity index (χ4n) is 2.16. The Kier molecular flexibility index (Phi) is 6.30. The SMILES string of the molecule is C=C/C=C\C(Cc1cc(C#N)ccc1F)=NCc1ccc(F)cc1F. The van der Waals surface area contributed by atoms with E-state index in [0.29, 0.717) is 16.8 Å². The van der Waals surface area contributed by atoms with Gasteiger partial charge in [0, 0.05) is 23.8 Å². The second-order valence-corrected chi connectivity index (χ2v) is 5.23. The van der Waals surface area contributed by atoms with E-state index in [1.165, 1.54) is 30.3 Å². The fraction of sp³-hybridized carbons (Fsp3) is 0.100. The van der Waals surface area contributed by atoms with Crippen molar-refractivity contribution in [3.8, 4) is 6.07 Å². The van der Waals surface area contributed by atoms with Gasteiger partial charge in [0.2, 0.25) is 0 Å². The highest BCUT2D eigenvalue weighted by atomic mass is 19.1. The van der Waals surface area contributed by atoms with Gasteiger partial charge in [-0.1, -0.05) is 24.8 Å². The van der Waals surface area contributed by atoms with Crippen LogP contribution in [0.3, 0.4) is 0 Å². The molecule has 2 aromatic rings. The van der Waals surface area contributed by atoms with Crippen LogP contribution in [0.1, 0.15) is 16.7 Å². The molecule has 0 radical (unpaired) electrons. The Morgan fingerprint density at radius 3 is 2.56 bits per heavy atom. The summed E-state index contributed by atoms with van der Waals surface area (Å²) in [6, 6.07) is 9.29. The molecule has 0 unspecified atom stereocenters. The van der Waals surface area contributed by atoms with Crippen molar-refractivity contribution >= 4 is 5.71 Å². The summed E-state index contributed by atoms with van der Waals surface area (Å²) in [7, 11) is 0. The summed E-state index contributed by atoms with van der Waals surface area (Å²) in [5, 5.41) is 8.93. The lowest BCUT2D eigenvalue weighted by molar-refractivity contribution is 0.572. The molecule has 0 heterocycles. The highest BCUT2D eigenvalue weighted by molar-refractivity contribution is 5.96. The maximum atomic E-state index is 13.9. The average Bonchev–Trinajstić information content (AvgIpc) is 2.60. The van der Waals surface area contributed by atoms with Crippen LogP contribution in [0.5, 0.6) is 0 Å². The van der Waals surface area contributed by atoms with Crippen molar-refractivity contribution in [1.82, 2.24) is 0 Å². The molecule has 2 aromatic carbocycles. The molecule has 0 N–H and O–H groups in total. The van der Waals surface area contributed by atoms with Gasteiger partial charge in [-0.05, 0) is 35.9 Å². The standard InChI is InChI=1S/C20H15F3N2/c1-2-3-4-18(10-16-9-14(12-24)5-8-19(16)22)25-13-15-6-7-17(21)11-20(15)23/h2-9,11H,1,10,13H2/b4-3-,25-18?. The molecule has 2 rings (SSSR count). The van der Waals surface area contributed by atoms with Crippen LogP contribution in [0.25, 0.3) is 0 Å². The van der Waals surface area contributed by atoms with Crippen molar-refractivity contribution in [3.05, 3.63) is 95.3 Å². The van der Waals surface area contributed by atoms with Gasteiger partial charge < -0.3 is 0 Å². The summed E-state index contributed by atoms with van der Waals surface area (Å²) in [5.41, 5.74) is 1.37. The molecule has 25 heavy (non-hydrogen) atoms. The summed E-state index contributed by atoms with van der Waals surface area (Å²) >= 11 is 0. The van der Waals surface area contributed by atoms with E-state index in [1.54, 1.807) is 12.2 Å². The predicted molar refractivity (Wildman–Crippen MR) is 91.7 cm³/mol. The third-order valence-corrected chi connectivity index (χ3v) is 3.44. The molecule has 0 saturated heterocycles. The zero-order chi connectivity index (χ0) is 18.2. The second kappa shape index (κ2) is 8.65. The van der Waals surface area contributed by atoms with Crippen LogP contribution in [-0.4, -0.2) is 5.71 Å². The number of nitriles is 1. The van der Waals surface area contributed by atoms with E-state index in [2.05, 4.69) is 11.6 Å². The lowest BCUT2D eigenvalue weighted by atomic mass is 10.0. The Morgan fingerprint density at radius 2 is 1.88 bits per heavy atom. The lowest BCUT2D eigenvalue weighted by Crippen LogP contribution is -2.04. The topological polar surface area (TPSA) is 36.1 Å². The first kappa shape index (κ1) is 18.2. The number of aliphatic imine (C=N–C) groups is 1. The number of nitrogens with zero attached hydrogens (tertiary/aromatic N) is 2. The smallest absolute Gasteiger partial charge is 0.131 e. The molecule has 0 spiro atoms. The molecule has 0 amide bonds. The highest BCUT2D eigenvalue weighted by Crippen LogP contribution is 2.14. The van der Waals surface area contributed by atoms with Crippen molar-refractivity contribution in [2.24, 2.45) is 4.99 Å². The molecule has 0 saturated carbocycles. The summed E-state index contributed by atoms with van der Waals surface area (Å²) in [5.74, 6) is -1.80. The van der Waals surface area contributed by atoms with Crippen LogP contribution in [-0.2, 0) is 13.0 Å². The molecule has 0 aliphatic rings. The fourth-order valence-corrected chi connectivity index (χ4v) is 2.16. The third-order valence-electron chi connectivity index (χ3n) is 3.44. The van der Waals surface area contributed by atoms with E-state index in [1.807, 2.05) is 6.07 Å². The van der Waals surface area contributed by atoms with E-state index in [0.717, 1.165) is 12.1 Å². The Morgan fingerprint density at radius 1 is 1.08 bits per heavy atom. The normalized spacial score (nSPS) is 11.5. The van der Waals surface area contributed by atoms with Gasteiger partial charge in [-0.15, -0.1) is 0 Å². The quantitative estimate of drug-likeness (QED) is 0.544. The number of hydrogen-bond donors (Lipinski definition) is 0. The zero-order valence-corrected chi connectivity index (χ0v) is 13.3. The van der Waals surface area contributed by atoms with Crippen LogP contribution in [0.2, 0.25) is 0 Å². The summed E-state index contributed by atoms with van der Waals surface area (Å²) in [6.45, 7) is 3.55. The van der Waals surface area contributed by atoms with Crippen LogP contribution in [0.15, 0.2) is 66.2 Å². The lowest BCUT2D eigenvalue weighted by Gasteiger charge is -2.06. The van der Waals surface area contributed by atoms with Crippen molar-refractivity contribution in [2.75, 3.05) is 0 Å². The largest absolute Gasteiger partial charge is 0.285 e. The first-order valence-corrected chi connectivity index (χ1v) is 7.48. The summed E-state index contributed by atoms with van der Waals surface area (Å²) < 4.78 is 40.6. The van der Waals surface area contributed by atoms with Crippen molar-refractivity contribution in [3.63, 3.8) is 0 Å². The van der Waals surface area contributed by atoms with Crippen LogP contribution < -0.4 is 0 Å². The minimum atomic E-state index is -0.687. The summed E-state index contributed by atoms with van der Waals surface area (Å²) in [6.07, 6.45) is 4.93. The van der Waals surface area contributed by atoms with Crippen molar-refractivity contribution in [1.29, 1.82) is 5.26 Å². The first-order chi connectivity index (χ1) is 12.0. The molecule has 0 atom stereocenters. The average molecular weight is 340 g/mol. The van der Waals surface area contributed by atoms with E-state index >= 15 is 0 Å². The molecule has 0 aliphatic heterocycles. The maximum Gasteiger partial charge on any atom is 0.131 e. The number of halogens is 3.